The first-order valence-electron chi connectivity index (χ1n) is 7.71. The maximum absolute atomic E-state index is 12.6. The van der Waals surface area contributed by atoms with Crippen LogP contribution in [-0.2, 0) is 10.0 Å². The van der Waals surface area contributed by atoms with Crippen LogP contribution in [-0.4, -0.2) is 33.0 Å². The van der Waals surface area contributed by atoms with Crippen molar-refractivity contribution in [3.8, 4) is 0 Å². The molecule has 1 N–H and O–H groups in total. The third-order valence-electron chi connectivity index (χ3n) is 4.15. The summed E-state index contributed by atoms with van der Waals surface area (Å²) in [5, 5.41) is 0. The van der Waals surface area contributed by atoms with Crippen LogP contribution in [0.1, 0.15) is 24.4 Å². The summed E-state index contributed by atoms with van der Waals surface area (Å²) in [7, 11) is -3.69. The molecule has 130 valence electrons. The molecule has 1 saturated heterocycles. The number of likely N-dealkylation sites (tertiary alicyclic amines) is 1. The van der Waals surface area contributed by atoms with Gasteiger partial charge in [-0.25, -0.2) is 13.1 Å². The van der Waals surface area contributed by atoms with Gasteiger partial charge in [-0.05, 0) is 37.6 Å². The number of nitrogens with one attached hydrogen (secondary N) is 1. The number of hydrogen-bond donors (Lipinski definition) is 1. The first-order chi connectivity index (χ1) is 11.5. The molecule has 2 heterocycles. The van der Waals surface area contributed by atoms with Crippen LogP contribution < -0.4 is 4.72 Å². The lowest BCUT2D eigenvalue weighted by molar-refractivity contribution is 0.246. The summed E-state index contributed by atoms with van der Waals surface area (Å²) in [4.78, 5) is 2.37. The van der Waals surface area contributed by atoms with Crippen molar-refractivity contribution < 1.29 is 8.42 Å². The number of thiophene rings is 1. The van der Waals surface area contributed by atoms with Crippen LogP contribution in [0.3, 0.4) is 0 Å². The molecule has 1 aromatic carbocycles. The van der Waals surface area contributed by atoms with Gasteiger partial charge in [-0.15, -0.1) is 11.3 Å². The first kappa shape index (κ1) is 18.2. The Bertz CT molecular complexity index is 788. The molecule has 8 heteroatoms. The van der Waals surface area contributed by atoms with Crippen LogP contribution in [0.15, 0.2) is 41.3 Å². The SMILES string of the molecule is O=S(=O)(NCC(c1ccccc1)N1CCCC1)c1cc(Cl)sc1Cl. The van der Waals surface area contributed by atoms with Crippen molar-refractivity contribution in [3.63, 3.8) is 0 Å². The minimum Gasteiger partial charge on any atom is -0.295 e. The molecule has 1 aromatic heterocycles. The topological polar surface area (TPSA) is 49.4 Å². The largest absolute Gasteiger partial charge is 0.295 e. The lowest BCUT2D eigenvalue weighted by Gasteiger charge is -2.28. The van der Waals surface area contributed by atoms with Crippen molar-refractivity contribution in [2.75, 3.05) is 19.6 Å². The summed E-state index contributed by atoms with van der Waals surface area (Å²) < 4.78 is 28.3. The maximum atomic E-state index is 12.6. The average molecular weight is 405 g/mol. The van der Waals surface area contributed by atoms with E-state index in [9.17, 15) is 8.42 Å². The Labute approximate surface area is 156 Å². The molecular formula is C16H18Cl2N2O2S2. The molecule has 0 spiro atoms. The zero-order valence-corrected chi connectivity index (χ0v) is 16.1. The van der Waals surface area contributed by atoms with Gasteiger partial charge in [0.1, 0.15) is 9.23 Å². The van der Waals surface area contributed by atoms with Crippen LogP contribution in [0.2, 0.25) is 8.67 Å². The molecule has 0 amide bonds. The smallest absolute Gasteiger partial charge is 0.243 e. The summed E-state index contributed by atoms with van der Waals surface area (Å²) >= 11 is 12.9. The summed E-state index contributed by atoms with van der Waals surface area (Å²) in [6.07, 6.45) is 2.28. The maximum Gasteiger partial charge on any atom is 0.243 e. The summed E-state index contributed by atoms with van der Waals surface area (Å²) in [6.45, 7) is 2.26. The normalized spacial score (nSPS) is 17.2. The lowest BCUT2D eigenvalue weighted by atomic mass is 10.1. The molecule has 0 radical (unpaired) electrons. The van der Waals surface area contributed by atoms with E-state index >= 15 is 0 Å². The fourth-order valence-corrected chi connectivity index (χ4v) is 6.15. The van der Waals surface area contributed by atoms with E-state index in [-0.39, 0.29) is 15.3 Å². The van der Waals surface area contributed by atoms with Crippen molar-refractivity contribution in [3.05, 3.63) is 50.6 Å². The van der Waals surface area contributed by atoms with Gasteiger partial charge in [0.25, 0.3) is 0 Å². The molecule has 1 unspecified atom stereocenters. The van der Waals surface area contributed by atoms with Gasteiger partial charge < -0.3 is 0 Å². The zero-order chi connectivity index (χ0) is 17.2. The minimum absolute atomic E-state index is 0.0105. The van der Waals surface area contributed by atoms with Crippen molar-refractivity contribution in [2.24, 2.45) is 0 Å². The van der Waals surface area contributed by atoms with E-state index in [1.165, 1.54) is 6.07 Å². The highest BCUT2D eigenvalue weighted by atomic mass is 35.5. The van der Waals surface area contributed by atoms with Gasteiger partial charge in [0.2, 0.25) is 10.0 Å². The van der Waals surface area contributed by atoms with Gasteiger partial charge in [-0.1, -0.05) is 53.5 Å². The predicted octanol–water partition coefficient (Wildman–Crippen LogP) is 4.17. The van der Waals surface area contributed by atoms with E-state index in [2.05, 4.69) is 9.62 Å². The van der Waals surface area contributed by atoms with Crippen molar-refractivity contribution >= 4 is 44.6 Å². The summed E-state index contributed by atoms with van der Waals surface area (Å²) in [5.41, 5.74) is 1.11. The molecule has 0 saturated carbocycles. The molecule has 0 bridgehead atoms. The Morgan fingerprint density at radius 3 is 2.42 bits per heavy atom. The number of halogens is 2. The van der Waals surface area contributed by atoms with Crippen LogP contribution in [0.25, 0.3) is 0 Å². The van der Waals surface area contributed by atoms with Crippen LogP contribution in [0.4, 0.5) is 0 Å². The third kappa shape index (κ3) is 4.12. The Morgan fingerprint density at radius 1 is 1.17 bits per heavy atom. The fraction of sp³-hybridized carbons (Fsp3) is 0.375. The van der Waals surface area contributed by atoms with Crippen molar-refractivity contribution in [2.45, 2.75) is 23.8 Å². The molecule has 1 aliphatic heterocycles. The van der Waals surface area contributed by atoms with Gasteiger partial charge >= 0.3 is 0 Å². The number of sulfonamides is 1. The number of rotatable bonds is 6. The summed E-state index contributed by atoms with van der Waals surface area (Å²) in [6, 6.07) is 11.4. The predicted molar refractivity (Wildman–Crippen MR) is 99.5 cm³/mol. The van der Waals surface area contributed by atoms with Gasteiger partial charge in [-0.2, -0.15) is 0 Å². The number of nitrogens with zero attached hydrogens (tertiary/aromatic N) is 1. The van der Waals surface area contributed by atoms with Crippen LogP contribution in [0, 0.1) is 0 Å². The van der Waals surface area contributed by atoms with Crippen molar-refractivity contribution in [1.29, 1.82) is 0 Å². The Balaban J connectivity index is 1.79. The highest BCUT2D eigenvalue weighted by molar-refractivity contribution is 7.89. The standard InChI is InChI=1S/C16H18Cl2N2O2S2/c17-15-10-14(16(18)23-15)24(21,22)19-11-13(20-8-4-5-9-20)12-6-2-1-3-7-12/h1-3,6-7,10,13,19H,4-5,8-9,11H2. The molecule has 1 aliphatic rings. The number of benzene rings is 1. The van der Waals surface area contributed by atoms with E-state index in [4.69, 9.17) is 23.2 Å². The van der Waals surface area contributed by atoms with Gasteiger partial charge in [-0.3, -0.25) is 4.90 Å². The quantitative estimate of drug-likeness (QED) is 0.785. The molecule has 4 nitrogen and oxygen atoms in total. The Morgan fingerprint density at radius 2 is 1.83 bits per heavy atom. The van der Waals surface area contributed by atoms with E-state index < -0.39 is 10.0 Å². The zero-order valence-electron chi connectivity index (χ0n) is 12.9. The molecule has 1 fully saturated rings. The lowest BCUT2D eigenvalue weighted by Crippen LogP contribution is -2.36. The molecule has 2 aromatic rings. The molecular weight excluding hydrogens is 387 g/mol. The number of hydrogen-bond acceptors (Lipinski definition) is 4. The highest BCUT2D eigenvalue weighted by Gasteiger charge is 2.27. The van der Waals surface area contributed by atoms with Crippen LogP contribution >= 0.6 is 34.5 Å². The average Bonchev–Trinajstić information content (AvgIpc) is 3.18. The van der Waals surface area contributed by atoms with Gasteiger partial charge in [0.05, 0.1) is 4.34 Å². The monoisotopic (exact) mass is 404 g/mol. The third-order valence-corrected chi connectivity index (χ3v) is 7.32. The summed E-state index contributed by atoms with van der Waals surface area (Å²) in [5.74, 6) is 0. The van der Waals surface area contributed by atoms with E-state index in [1.807, 2.05) is 30.3 Å². The second kappa shape index (κ2) is 7.72. The van der Waals surface area contributed by atoms with E-state index in [1.54, 1.807) is 0 Å². The molecule has 0 aliphatic carbocycles. The highest BCUT2D eigenvalue weighted by Crippen LogP contribution is 2.34. The second-order valence-electron chi connectivity index (χ2n) is 5.71. The Hall–Kier alpha value is -0.630. The molecule has 24 heavy (non-hydrogen) atoms. The minimum atomic E-state index is -3.69. The first-order valence-corrected chi connectivity index (χ1v) is 10.8. The van der Waals surface area contributed by atoms with E-state index in [0.717, 1.165) is 42.8 Å². The van der Waals surface area contributed by atoms with E-state index in [0.29, 0.717) is 10.9 Å². The Kier molecular flexibility index (Phi) is 5.85. The fourth-order valence-electron chi connectivity index (χ4n) is 2.96. The van der Waals surface area contributed by atoms with Crippen molar-refractivity contribution in [1.82, 2.24) is 9.62 Å². The molecule has 1 atom stereocenters. The molecule has 3 rings (SSSR count). The van der Waals surface area contributed by atoms with Gasteiger partial charge in [0.15, 0.2) is 0 Å². The second-order valence-corrected chi connectivity index (χ2v) is 9.73. The van der Waals surface area contributed by atoms with Gasteiger partial charge in [0, 0.05) is 12.6 Å². The van der Waals surface area contributed by atoms with Crippen LogP contribution in [0.5, 0.6) is 0 Å².